The van der Waals surface area contributed by atoms with Gasteiger partial charge in [0, 0.05) is 30.8 Å². The van der Waals surface area contributed by atoms with Crippen LogP contribution in [-0.2, 0) is 38.1 Å². The van der Waals surface area contributed by atoms with Crippen molar-refractivity contribution in [3.05, 3.63) is 38.0 Å². The Balaban J connectivity index is 3.02. The number of carbonyl (C=O) groups excluding carboxylic acids is 5. The van der Waals surface area contributed by atoms with Crippen molar-refractivity contribution in [1.29, 1.82) is 0 Å². The summed E-state index contributed by atoms with van der Waals surface area (Å²) in [6, 6.07) is -0.260. The van der Waals surface area contributed by atoms with Gasteiger partial charge in [-0.1, -0.05) is 40.5 Å². The van der Waals surface area contributed by atoms with Gasteiger partial charge in [-0.3, -0.25) is 4.79 Å². The van der Waals surface area contributed by atoms with E-state index >= 15 is 0 Å². The first kappa shape index (κ1) is 33.7. The van der Waals surface area contributed by atoms with Gasteiger partial charge in [-0.2, -0.15) is 12.6 Å². The van der Waals surface area contributed by atoms with Crippen LogP contribution in [0.2, 0.25) is 0 Å². The summed E-state index contributed by atoms with van der Waals surface area (Å²) in [7, 11) is 0. The molecule has 0 bridgehead atoms. The van der Waals surface area contributed by atoms with E-state index in [1.807, 2.05) is 6.92 Å². The third-order valence-corrected chi connectivity index (χ3v) is 6.48. The van der Waals surface area contributed by atoms with Crippen LogP contribution >= 0.6 is 12.6 Å². The number of alkyl carbamates (subject to hydrolysis) is 1. The molecular formula is C27H40N2O9S. The normalized spacial score (nSPS) is 19.9. The van der Waals surface area contributed by atoms with E-state index in [-0.39, 0.29) is 28.5 Å². The number of ether oxygens (including phenoxy) is 4. The largest absolute Gasteiger partial charge is 0.462 e. The minimum Gasteiger partial charge on any atom is -0.462 e. The lowest BCUT2D eigenvalue weighted by Crippen LogP contribution is -2.51. The predicted molar refractivity (Wildman–Crippen MR) is 147 cm³/mol. The first-order valence-corrected chi connectivity index (χ1v) is 13.0. The van der Waals surface area contributed by atoms with Crippen LogP contribution in [-0.4, -0.2) is 74.7 Å². The highest BCUT2D eigenvalue weighted by Gasteiger charge is 2.42. The van der Waals surface area contributed by atoms with Crippen molar-refractivity contribution < 1.29 is 42.9 Å². The maximum Gasteiger partial charge on any atom is 0.407 e. The average Bonchev–Trinajstić information content (AvgIpc) is 2.88. The van der Waals surface area contributed by atoms with E-state index in [0.29, 0.717) is 19.4 Å². The van der Waals surface area contributed by atoms with Gasteiger partial charge in [-0.05, 0) is 30.1 Å². The van der Waals surface area contributed by atoms with Crippen LogP contribution in [0.1, 0.15) is 40.0 Å². The lowest BCUT2D eigenvalue weighted by Gasteiger charge is -2.46. The van der Waals surface area contributed by atoms with Crippen LogP contribution in [0.25, 0.3) is 0 Å². The molecule has 39 heavy (non-hydrogen) atoms. The Hall–Kier alpha value is -3.28. The maximum atomic E-state index is 12.9. The van der Waals surface area contributed by atoms with Crippen molar-refractivity contribution in [2.75, 3.05) is 38.7 Å². The second-order valence-electron chi connectivity index (χ2n) is 10.8. The van der Waals surface area contributed by atoms with E-state index in [1.165, 1.54) is 0 Å². The summed E-state index contributed by atoms with van der Waals surface area (Å²) in [5.74, 6) is -2.41. The van der Waals surface area contributed by atoms with Crippen LogP contribution in [0, 0.1) is 16.2 Å². The molecule has 0 spiro atoms. The zero-order chi connectivity index (χ0) is 29.7. The monoisotopic (exact) mass is 568 g/mol. The number of nitrogens with one attached hydrogen (secondary N) is 2. The summed E-state index contributed by atoms with van der Waals surface area (Å²) in [5.41, 5.74) is -1.83. The van der Waals surface area contributed by atoms with Crippen LogP contribution in [0.4, 0.5) is 4.79 Å². The number of carbonyl (C=O) groups is 5. The summed E-state index contributed by atoms with van der Waals surface area (Å²) in [6.07, 6.45) is 4.15. The summed E-state index contributed by atoms with van der Waals surface area (Å²) >= 11 is 4.00. The second-order valence-corrected chi connectivity index (χ2v) is 11.2. The van der Waals surface area contributed by atoms with E-state index in [9.17, 15) is 24.0 Å². The second kappa shape index (κ2) is 15.3. The minimum absolute atomic E-state index is 0.0849. The maximum absolute atomic E-state index is 12.9. The molecule has 1 fully saturated rings. The number of hydrogen-bond acceptors (Lipinski definition) is 10. The predicted octanol–water partition coefficient (Wildman–Crippen LogP) is 2.52. The van der Waals surface area contributed by atoms with Crippen LogP contribution in [0.3, 0.4) is 0 Å². The van der Waals surface area contributed by atoms with Gasteiger partial charge < -0.3 is 29.6 Å². The lowest BCUT2D eigenvalue weighted by atomic mass is 9.62. The van der Waals surface area contributed by atoms with Gasteiger partial charge in [0.05, 0.1) is 5.75 Å². The Morgan fingerprint density at radius 2 is 1.31 bits per heavy atom. The van der Waals surface area contributed by atoms with E-state index in [4.69, 9.17) is 18.9 Å². The third kappa shape index (κ3) is 12.4. The molecule has 0 saturated heterocycles. The number of esters is 3. The fourth-order valence-corrected chi connectivity index (χ4v) is 4.88. The molecule has 1 saturated carbocycles. The van der Waals surface area contributed by atoms with E-state index in [0.717, 1.165) is 24.6 Å². The molecule has 0 radical (unpaired) electrons. The highest BCUT2D eigenvalue weighted by atomic mass is 32.1. The van der Waals surface area contributed by atoms with Gasteiger partial charge >= 0.3 is 24.0 Å². The molecule has 2 atom stereocenters. The Morgan fingerprint density at radius 3 is 1.74 bits per heavy atom. The van der Waals surface area contributed by atoms with Crippen molar-refractivity contribution in [3.63, 3.8) is 0 Å². The summed E-state index contributed by atoms with van der Waals surface area (Å²) in [4.78, 5) is 59.9. The molecule has 0 aliphatic heterocycles. The van der Waals surface area contributed by atoms with Gasteiger partial charge in [0.2, 0.25) is 5.91 Å². The summed E-state index contributed by atoms with van der Waals surface area (Å²) in [5, 5.41) is 5.75. The zero-order valence-corrected chi connectivity index (χ0v) is 23.8. The highest BCUT2D eigenvalue weighted by molar-refractivity contribution is 7.81. The van der Waals surface area contributed by atoms with Crippen LogP contribution in [0.15, 0.2) is 38.0 Å². The number of thiol groups is 1. The molecule has 1 rings (SSSR count). The molecule has 2 unspecified atom stereocenters. The van der Waals surface area contributed by atoms with Crippen LogP contribution in [0.5, 0.6) is 0 Å². The molecule has 218 valence electrons. The Bertz CT molecular complexity index is 890. The molecule has 2 amide bonds. The van der Waals surface area contributed by atoms with Gasteiger partial charge in [0.15, 0.2) is 0 Å². The molecule has 0 aromatic carbocycles. The molecule has 1 aliphatic rings. The number of rotatable bonds is 15. The third-order valence-electron chi connectivity index (χ3n) is 6.19. The van der Waals surface area contributed by atoms with Gasteiger partial charge in [0.1, 0.15) is 31.8 Å². The number of amides is 2. The molecular weight excluding hydrogens is 528 g/mol. The van der Waals surface area contributed by atoms with Crippen molar-refractivity contribution >= 4 is 42.5 Å². The van der Waals surface area contributed by atoms with Gasteiger partial charge in [-0.15, -0.1) is 0 Å². The molecule has 2 N–H and O–H groups in total. The standard InChI is InChI=1S/C27H40N2O9S/c1-7-21(31)35-15-27(16-36-22(32)8-2,17-37-23(33)9-3)18-38-24(34)29-19-10-25(4,5)13-26(6,11-19)14-28-20(30)12-39/h7-9,19,39H,1-3,10-18H2,4-6H3,(H,28,30)(H,29,34). The lowest BCUT2D eigenvalue weighted by molar-refractivity contribution is -0.159. The van der Waals surface area contributed by atoms with Crippen molar-refractivity contribution in [3.8, 4) is 0 Å². The first-order chi connectivity index (χ1) is 18.2. The van der Waals surface area contributed by atoms with Crippen molar-refractivity contribution in [2.45, 2.75) is 46.1 Å². The van der Waals surface area contributed by atoms with Crippen molar-refractivity contribution in [2.24, 2.45) is 16.2 Å². The van der Waals surface area contributed by atoms with Crippen molar-refractivity contribution in [1.82, 2.24) is 10.6 Å². The average molecular weight is 569 g/mol. The van der Waals surface area contributed by atoms with Gasteiger partial charge in [0.25, 0.3) is 0 Å². The van der Waals surface area contributed by atoms with E-state index < -0.39 is 55.8 Å². The first-order valence-electron chi connectivity index (χ1n) is 12.4. The molecule has 0 aromatic rings. The Morgan fingerprint density at radius 1 is 0.846 bits per heavy atom. The molecule has 0 aromatic heterocycles. The zero-order valence-electron chi connectivity index (χ0n) is 22.9. The van der Waals surface area contributed by atoms with E-state index in [1.54, 1.807) is 0 Å². The van der Waals surface area contributed by atoms with Crippen LogP contribution < -0.4 is 10.6 Å². The minimum atomic E-state index is -1.43. The molecule has 0 heterocycles. The van der Waals surface area contributed by atoms with Gasteiger partial charge in [-0.25, -0.2) is 19.2 Å². The molecule has 1 aliphatic carbocycles. The quantitative estimate of drug-likeness (QED) is 0.117. The number of hydrogen-bond donors (Lipinski definition) is 3. The summed E-state index contributed by atoms with van der Waals surface area (Å²) < 4.78 is 20.9. The fourth-order valence-electron chi connectivity index (χ4n) is 4.76. The Labute approximate surface area is 235 Å². The Kier molecular flexibility index (Phi) is 13.3. The molecule has 12 heteroatoms. The summed E-state index contributed by atoms with van der Waals surface area (Å²) in [6.45, 7) is 15.0. The highest BCUT2D eigenvalue weighted by Crippen LogP contribution is 2.45. The van der Waals surface area contributed by atoms with E-state index in [2.05, 4.69) is 56.8 Å². The SMILES string of the molecule is C=CC(=O)OCC(COC(=O)C=C)(COC(=O)C=C)COC(=O)NC1CC(C)(C)CC(C)(CNC(=O)CS)C1. The fraction of sp³-hybridized carbons (Fsp3) is 0.593. The smallest absolute Gasteiger partial charge is 0.407 e. The topological polar surface area (TPSA) is 146 Å². The molecule has 11 nitrogen and oxygen atoms in total.